The number of nitrogens with zero attached hydrogens (tertiary/aromatic N) is 3. The van der Waals surface area contributed by atoms with Crippen molar-refractivity contribution in [3.63, 3.8) is 0 Å². The lowest BCUT2D eigenvalue weighted by Crippen LogP contribution is -2.57. The van der Waals surface area contributed by atoms with Crippen LogP contribution in [0.25, 0.3) is 0 Å². The number of piperidine rings is 1. The molecule has 2 aliphatic heterocycles. The SMILES string of the molecule is Cc1cc(C(=O)N2CCC3(CC2)CN(Cc2ccc(Cl)o2)CCO3)no1. The van der Waals surface area contributed by atoms with E-state index in [4.69, 9.17) is 25.3 Å². The van der Waals surface area contributed by atoms with Crippen molar-refractivity contribution in [2.24, 2.45) is 0 Å². The molecule has 0 bridgehead atoms. The number of hydrogen-bond acceptors (Lipinski definition) is 6. The molecule has 140 valence electrons. The first-order chi connectivity index (χ1) is 12.5. The Bertz CT molecular complexity index is 779. The van der Waals surface area contributed by atoms with Crippen LogP contribution in [0.15, 0.2) is 27.1 Å². The van der Waals surface area contributed by atoms with Gasteiger partial charge < -0.3 is 18.6 Å². The Morgan fingerprint density at radius 2 is 2.12 bits per heavy atom. The number of morpholine rings is 1. The molecule has 0 radical (unpaired) electrons. The molecule has 7 nitrogen and oxygen atoms in total. The van der Waals surface area contributed by atoms with Crippen molar-refractivity contribution in [1.82, 2.24) is 15.0 Å². The van der Waals surface area contributed by atoms with Gasteiger partial charge in [-0.2, -0.15) is 0 Å². The summed E-state index contributed by atoms with van der Waals surface area (Å²) >= 11 is 5.86. The molecule has 0 aliphatic carbocycles. The number of amides is 1. The maximum Gasteiger partial charge on any atom is 0.276 e. The third kappa shape index (κ3) is 3.65. The molecule has 0 aromatic carbocycles. The Morgan fingerprint density at radius 1 is 1.31 bits per heavy atom. The quantitative estimate of drug-likeness (QED) is 0.816. The molecule has 1 spiro atoms. The zero-order valence-corrected chi connectivity index (χ0v) is 15.5. The van der Waals surface area contributed by atoms with Crippen LogP contribution < -0.4 is 0 Å². The summed E-state index contributed by atoms with van der Waals surface area (Å²) in [5, 5.41) is 4.24. The number of likely N-dealkylation sites (tertiary alicyclic amines) is 1. The first-order valence-corrected chi connectivity index (χ1v) is 9.24. The highest BCUT2D eigenvalue weighted by atomic mass is 35.5. The number of halogens is 1. The van der Waals surface area contributed by atoms with Crippen molar-refractivity contribution in [3.8, 4) is 0 Å². The van der Waals surface area contributed by atoms with Crippen molar-refractivity contribution in [2.75, 3.05) is 32.8 Å². The van der Waals surface area contributed by atoms with Crippen LogP contribution in [0, 0.1) is 6.92 Å². The van der Waals surface area contributed by atoms with Gasteiger partial charge in [-0.3, -0.25) is 9.69 Å². The molecule has 4 heterocycles. The Kier molecular flexibility index (Phi) is 4.77. The van der Waals surface area contributed by atoms with Crippen LogP contribution in [0.5, 0.6) is 0 Å². The number of aryl methyl sites for hydroxylation is 1. The molecule has 26 heavy (non-hydrogen) atoms. The summed E-state index contributed by atoms with van der Waals surface area (Å²) in [6.07, 6.45) is 1.62. The van der Waals surface area contributed by atoms with Gasteiger partial charge in [0.05, 0.1) is 18.8 Å². The van der Waals surface area contributed by atoms with E-state index in [1.807, 2.05) is 11.0 Å². The zero-order valence-electron chi connectivity index (χ0n) is 14.7. The highest BCUT2D eigenvalue weighted by Gasteiger charge is 2.41. The minimum absolute atomic E-state index is 0.0745. The maximum absolute atomic E-state index is 12.5. The lowest BCUT2D eigenvalue weighted by molar-refractivity contribution is -0.135. The van der Waals surface area contributed by atoms with E-state index in [0.29, 0.717) is 36.4 Å². The standard InChI is InChI=1S/C18H22ClN3O4/c1-13-10-15(20-26-13)17(23)22-6-4-18(5-7-22)12-21(8-9-24-18)11-14-2-3-16(19)25-14/h2-3,10H,4-9,11-12H2,1H3. The van der Waals surface area contributed by atoms with Crippen LogP contribution in [-0.2, 0) is 11.3 Å². The largest absolute Gasteiger partial charge is 0.448 e. The Labute approximate surface area is 156 Å². The first-order valence-electron chi connectivity index (χ1n) is 8.86. The van der Waals surface area contributed by atoms with Crippen molar-refractivity contribution in [1.29, 1.82) is 0 Å². The van der Waals surface area contributed by atoms with E-state index in [1.165, 1.54) is 0 Å². The summed E-state index contributed by atoms with van der Waals surface area (Å²) in [5.74, 6) is 1.43. The van der Waals surface area contributed by atoms with Gasteiger partial charge in [-0.05, 0) is 43.5 Å². The molecule has 2 saturated heterocycles. The zero-order chi connectivity index (χ0) is 18.1. The Morgan fingerprint density at radius 3 is 2.77 bits per heavy atom. The van der Waals surface area contributed by atoms with E-state index < -0.39 is 0 Å². The minimum atomic E-state index is -0.203. The molecule has 0 unspecified atom stereocenters. The maximum atomic E-state index is 12.5. The molecule has 4 rings (SSSR count). The fraction of sp³-hybridized carbons (Fsp3) is 0.556. The van der Waals surface area contributed by atoms with Crippen LogP contribution >= 0.6 is 11.6 Å². The van der Waals surface area contributed by atoms with Crippen LogP contribution in [0.1, 0.15) is 34.9 Å². The van der Waals surface area contributed by atoms with Gasteiger partial charge in [0, 0.05) is 32.2 Å². The summed E-state index contributed by atoms with van der Waals surface area (Å²) in [4.78, 5) is 16.7. The second-order valence-electron chi connectivity index (χ2n) is 7.06. The second kappa shape index (κ2) is 7.06. The molecule has 0 atom stereocenters. The van der Waals surface area contributed by atoms with Gasteiger partial charge >= 0.3 is 0 Å². The lowest BCUT2D eigenvalue weighted by atomic mass is 9.89. The molecular weight excluding hydrogens is 358 g/mol. The molecule has 2 fully saturated rings. The predicted octanol–water partition coefficient (Wildman–Crippen LogP) is 2.74. The van der Waals surface area contributed by atoms with E-state index in [0.717, 1.165) is 38.2 Å². The van der Waals surface area contributed by atoms with Gasteiger partial charge in [0.15, 0.2) is 10.9 Å². The molecule has 8 heteroatoms. The number of furan rings is 1. The van der Waals surface area contributed by atoms with E-state index in [9.17, 15) is 4.79 Å². The van der Waals surface area contributed by atoms with Gasteiger partial charge in [-0.25, -0.2) is 0 Å². The molecular formula is C18H22ClN3O4. The van der Waals surface area contributed by atoms with E-state index in [1.54, 1.807) is 19.1 Å². The van der Waals surface area contributed by atoms with Gasteiger partial charge in [0.1, 0.15) is 11.5 Å². The van der Waals surface area contributed by atoms with Gasteiger partial charge in [0.25, 0.3) is 5.91 Å². The third-order valence-corrected chi connectivity index (χ3v) is 5.35. The van der Waals surface area contributed by atoms with E-state index in [2.05, 4.69) is 10.1 Å². The van der Waals surface area contributed by atoms with Crippen LogP contribution in [0.2, 0.25) is 5.22 Å². The average molecular weight is 380 g/mol. The van der Waals surface area contributed by atoms with E-state index in [-0.39, 0.29) is 11.5 Å². The number of aromatic nitrogens is 1. The molecule has 0 N–H and O–H groups in total. The topological polar surface area (TPSA) is 72.0 Å². The third-order valence-electron chi connectivity index (χ3n) is 5.14. The summed E-state index contributed by atoms with van der Waals surface area (Å²) in [6, 6.07) is 5.36. The Hall–Kier alpha value is -1.83. The van der Waals surface area contributed by atoms with Crippen molar-refractivity contribution >= 4 is 17.5 Å². The van der Waals surface area contributed by atoms with Crippen molar-refractivity contribution < 1.29 is 18.5 Å². The summed E-state index contributed by atoms with van der Waals surface area (Å²) in [7, 11) is 0. The van der Waals surface area contributed by atoms with Gasteiger partial charge in [0.2, 0.25) is 0 Å². The summed E-state index contributed by atoms with van der Waals surface area (Å²) in [5.41, 5.74) is 0.171. The number of carbonyl (C=O) groups is 1. The highest BCUT2D eigenvalue weighted by molar-refractivity contribution is 6.28. The number of hydrogen-bond donors (Lipinski definition) is 0. The van der Waals surface area contributed by atoms with Gasteiger partial charge in [-0.15, -0.1) is 0 Å². The number of ether oxygens (including phenoxy) is 1. The summed E-state index contributed by atoms with van der Waals surface area (Å²) in [6.45, 7) is 6.20. The molecule has 1 amide bonds. The number of carbonyl (C=O) groups excluding carboxylic acids is 1. The summed E-state index contributed by atoms with van der Waals surface area (Å²) < 4.78 is 16.6. The molecule has 0 saturated carbocycles. The second-order valence-corrected chi connectivity index (χ2v) is 7.44. The van der Waals surface area contributed by atoms with Crippen molar-refractivity contribution in [3.05, 3.63) is 40.6 Å². The normalized spacial score (nSPS) is 20.6. The smallest absolute Gasteiger partial charge is 0.276 e. The lowest BCUT2D eigenvalue weighted by Gasteiger charge is -2.47. The van der Waals surface area contributed by atoms with Crippen LogP contribution in [-0.4, -0.2) is 59.3 Å². The van der Waals surface area contributed by atoms with Crippen molar-refractivity contribution in [2.45, 2.75) is 31.9 Å². The van der Waals surface area contributed by atoms with Gasteiger partial charge in [-0.1, -0.05) is 5.16 Å². The fourth-order valence-corrected chi connectivity index (χ4v) is 3.93. The van der Waals surface area contributed by atoms with Crippen LogP contribution in [0.3, 0.4) is 0 Å². The number of rotatable bonds is 3. The molecule has 2 aromatic heterocycles. The molecule has 2 aromatic rings. The monoisotopic (exact) mass is 379 g/mol. The minimum Gasteiger partial charge on any atom is -0.448 e. The fourth-order valence-electron chi connectivity index (χ4n) is 3.76. The molecule has 2 aliphatic rings. The first kappa shape index (κ1) is 17.6. The Balaban J connectivity index is 1.35. The highest BCUT2D eigenvalue weighted by Crippen LogP contribution is 2.31. The average Bonchev–Trinajstić information content (AvgIpc) is 3.23. The van der Waals surface area contributed by atoms with Crippen LogP contribution in [0.4, 0.5) is 0 Å². The predicted molar refractivity (Wildman–Crippen MR) is 94.1 cm³/mol. The van der Waals surface area contributed by atoms with E-state index >= 15 is 0 Å².